The highest BCUT2D eigenvalue weighted by atomic mass is 19.3. The molecule has 1 aromatic rings. The van der Waals surface area contributed by atoms with Crippen LogP contribution in [0.5, 0.6) is 0 Å². The molecule has 1 saturated carbocycles. The molecular formula is C20H27F2N3O. The second kappa shape index (κ2) is 7.35. The third-order valence-corrected chi connectivity index (χ3v) is 5.82. The van der Waals surface area contributed by atoms with Crippen molar-refractivity contribution in [2.75, 3.05) is 12.4 Å². The van der Waals surface area contributed by atoms with Gasteiger partial charge in [0, 0.05) is 24.5 Å². The molecule has 0 saturated heterocycles. The number of rotatable bonds is 6. The Kier molecular flexibility index (Phi) is 5.32. The molecule has 4 nitrogen and oxygen atoms in total. The molecule has 0 aliphatic heterocycles. The zero-order valence-corrected chi connectivity index (χ0v) is 15.4. The lowest BCUT2D eigenvalue weighted by Crippen LogP contribution is -2.28. The number of allylic oxidation sites excluding steroid dienone is 1. The first-order valence-electron chi connectivity index (χ1n) is 9.14. The number of nitrogens with zero attached hydrogens (tertiary/aromatic N) is 1. The molecule has 1 aromatic carbocycles. The standard InChI is InChI=1S/C20H27F2N3O/c1-10(2)16-12-7-8-13(16)17-11(12)5-4-6-15(17)25-20(26)14(9-24-3)18(23)19(21)22/h4-6,9-10,12-13,16,19-20,25-26H,7-8,23H2,1-3H3. The van der Waals surface area contributed by atoms with E-state index in [0.29, 0.717) is 23.7 Å². The molecule has 0 heterocycles. The number of aliphatic hydroxyl groups is 1. The zero-order chi connectivity index (χ0) is 19.0. The predicted molar refractivity (Wildman–Crippen MR) is 101 cm³/mol. The van der Waals surface area contributed by atoms with E-state index in [1.807, 2.05) is 12.1 Å². The average Bonchev–Trinajstić information content (AvgIpc) is 3.16. The van der Waals surface area contributed by atoms with E-state index < -0.39 is 18.4 Å². The van der Waals surface area contributed by atoms with Gasteiger partial charge in [0.05, 0.1) is 5.70 Å². The summed E-state index contributed by atoms with van der Waals surface area (Å²) in [6.45, 7) is 4.51. The molecular weight excluding hydrogens is 336 g/mol. The van der Waals surface area contributed by atoms with Crippen molar-refractivity contribution >= 4 is 11.9 Å². The van der Waals surface area contributed by atoms with Crippen molar-refractivity contribution in [1.29, 1.82) is 0 Å². The largest absolute Gasteiger partial charge is 0.397 e. The van der Waals surface area contributed by atoms with Crippen LogP contribution in [0, 0.1) is 11.8 Å². The van der Waals surface area contributed by atoms with E-state index in [9.17, 15) is 13.9 Å². The Labute approximate surface area is 153 Å². The Morgan fingerprint density at radius 3 is 2.62 bits per heavy atom. The molecule has 2 aliphatic rings. The third kappa shape index (κ3) is 3.11. The Bertz CT molecular complexity index is 730. The van der Waals surface area contributed by atoms with Crippen molar-refractivity contribution in [1.82, 2.24) is 0 Å². The summed E-state index contributed by atoms with van der Waals surface area (Å²) in [6.07, 6.45) is -0.671. The monoisotopic (exact) mass is 363 g/mol. The maximum absolute atomic E-state index is 13.0. The second-order valence-electron chi connectivity index (χ2n) is 7.57. The number of fused-ring (bicyclic) bond motifs is 5. The van der Waals surface area contributed by atoms with Crippen LogP contribution in [0.15, 0.2) is 34.5 Å². The number of aliphatic imine (C=N–C) groups is 1. The Balaban J connectivity index is 1.93. The van der Waals surface area contributed by atoms with Gasteiger partial charge in [-0.15, -0.1) is 0 Å². The van der Waals surface area contributed by atoms with Crippen LogP contribution in [0.4, 0.5) is 14.5 Å². The van der Waals surface area contributed by atoms with E-state index in [4.69, 9.17) is 5.73 Å². The lowest BCUT2D eigenvalue weighted by Gasteiger charge is -2.24. The van der Waals surface area contributed by atoms with Gasteiger partial charge in [0.15, 0.2) is 6.23 Å². The maximum atomic E-state index is 13.0. The van der Waals surface area contributed by atoms with Gasteiger partial charge < -0.3 is 16.2 Å². The van der Waals surface area contributed by atoms with E-state index in [1.165, 1.54) is 30.8 Å². The topological polar surface area (TPSA) is 70.6 Å². The van der Waals surface area contributed by atoms with Crippen molar-refractivity contribution in [3.63, 3.8) is 0 Å². The summed E-state index contributed by atoms with van der Waals surface area (Å²) in [4.78, 5) is 3.75. The predicted octanol–water partition coefficient (Wildman–Crippen LogP) is 3.84. The van der Waals surface area contributed by atoms with E-state index in [2.05, 4.69) is 30.2 Å². The molecule has 2 bridgehead atoms. The van der Waals surface area contributed by atoms with Gasteiger partial charge in [0.1, 0.15) is 0 Å². The first-order chi connectivity index (χ1) is 12.4. The molecule has 6 heteroatoms. The van der Waals surface area contributed by atoms with Crippen LogP contribution in [0.2, 0.25) is 0 Å². The van der Waals surface area contributed by atoms with Gasteiger partial charge in [-0.2, -0.15) is 0 Å². The summed E-state index contributed by atoms with van der Waals surface area (Å²) < 4.78 is 26.0. The molecule has 4 atom stereocenters. The van der Waals surface area contributed by atoms with Crippen molar-refractivity contribution in [2.24, 2.45) is 22.6 Å². The number of anilines is 1. The van der Waals surface area contributed by atoms with E-state index in [1.54, 1.807) is 0 Å². The average molecular weight is 363 g/mol. The van der Waals surface area contributed by atoms with Crippen molar-refractivity contribution < 1.29 is 13.9 Å². The molecule has 0 amide bonds. The highest BCUT2D eigenvalue weighted by molar-refractivity contribution is 5.82. The minimum absolute atomic E-state index is 0.0938. The SMILES string of the molecule is CN=CC(=C(N)C(F)F)C(O)Nc1cccc2c1C1CCC2C1C(C)C. The van der Waals surface area contributed by atoms with E-state index in [-0.39, 0.29) is 5.57 Å². The molecule has 0 aromatic heterocycles. The van der Waals surface area contributed by atoms with Gasteiger partial charge in [-0.3, -0.25) is 4.99 Å². The number of alkyl halides is 2. The Hall–Kier alpha value is -1.95. The number of nitrogens with one attached hydrogen (secondary N) is 1. The second-order valence-corrected chi connectivity index (χ2v) is 7.57. The number of benzene rings is 1. The summed E-state index contributed by atoms with van der Waals surface area (Å²) in [5.74, 6) is 2.18. The lowest BCUT2D eigenvalue weighted by atomic mass is 9.85. The number of nitrogens with two attached hydrogens (primary N) is 1. The smallest absolute Gasteiger partial charge is 0.278 e. The van der Waals surface area contributed by atoms with Gasteiger partial charge >= 0.3 is 0 Å². The minimum atomic E-state index is -2.85. The van der Waals surface area contributed by atoms with Crippen LogP contribution in [0.3, 0.4) is 0 Å². The third-order valence-electron chi connectivity index (χ3n) is 5.82. The quantitative estimate of drug-likeness (QED) is 0.531. The molecule has 142 valence electrons. The van der Waals surface area contributed by atoms with Crippen molar-refractivity contribution in [2.45, 2.75) is 51.2 Å². The molecule has 2 aliphatic carbocycles. The van der Waals surface area contributed by atoms with E-state index >= 15 is 0 Å². The molecule has 0 spiro atoms. The summed E-state index contributed by atoms with van der Waals surface area (Å²) in [5, 5.41) is 13.5. The summed E-state index contributed by atoms with van der Waals surface area (Å²) >= 11 is 0. The molecule has 4 unspecified atom stereocenters. The van der Waals surface area contributed by atoms with Gasteiger partial charge in [-0.05, 0) is 53.7 Å². The van der Waals surface area contributed by atoms with Crippen LogP contribution in [-0.2, 0) is 0 Å². The first-order valence-corrected chi connectivity index (χ1v) is 9.14. The number of hydrogen-bond donors (Lipinski definition) is 3. The number of aliphatic hydroxyl groups excluding tert-OH is 1. The zero-order valence-electron chi connectivity index (χ0n) is 15.4. The van der Waals surface area contributed by atoms with Crippen LogP contribution in [-0.4, -0.2) is 31.0 Å². The Morgan fingerprint density at radius 2 is 2.00 bits per heavy atom. The fraction of sp³-hybridized carbons (Fsp3) is 0.550. The van der Waals surface area contributed by atoms with Gasteiger partial charge in [0.25, 0.3) is 6.43 Å². The van der Waals surface area contributed by atoms with Crippen LogP contribution < -0.4 is 11.1 Å². The summed E-state index contributed by atoms with van der Waals surface area (Å²) in [7, 11) is 1.46. The Morgan fingerprint density at radius 1 is 1.31 bits per heavy atom. The van der Waals surface area contributed by atoms with Gasteiger partial charge in [-0.1, -0.05) is 26.0 Å². The first kappa shape index (κ1) is 18.8. The van der Waals surface area contributed by atoms with E-state index in [0.717, 1.165) is 12.1 Å². The lowest BCUT2D eigenvalue weighted by molar-refractivity contribution is 0.180. The fourth-order valence-corrected chi connectivity index (χ4v) is 4.89. The molecule has 4 N–H and O–H groups in total. The maximum Gasteiger partial charge on any atom is 0.278 e. The van der Waals surface area contributed by atoms with Gasteiger partial charge in [-0.25, -0.2) is 8.78 Å². The highest BCUT2D eigenvalue weighted by Gasteiger charge is 2.47. The van der Waals surface area contributed by atoms with Crippen LogP contribution in [0.1, 0.15) is 49.7 Å². The van der Waals surface area contributed by atoms with Crippen LogP contribution in [0.25, 0.3) is 0 Å². The van der Waals surface area contributed by atoms with Gasteiger partial charge in [0.2, 0.25) is 0 Å². The van der Waals surface area contributed by atoms with Crippen molar-refractivity contribution in [3.05, 3.63) is 40.6 Å². The molecule has 1 fully saturated rings. The van der Waals surface area contributed by atoms with Crippen molar-refractivity contribution in [3.8, 4) is 0 Å². The van der Waals surface area contributed by atoms with Crippen LogP contribution >= 0.6 is 0 Å². The number of halogens is 2. The summed E-state index contributed by atoms with van der Waals surface area (Å²) in [5.41, 5.74) is 8.08. The normalized spacial score (nSPS) is 26.5. The minimum Gasteiger partial charge on any atom is -0.397 e. The molecule has 26 heavy (non-hydrogen) atoms. The summed E-state index contributed by atoms with van der Waals surface area (Å²) in [6, 6.07) is 6.02. The molecule has 3 rings (SSSR count). The fourth-order valence-electron chi connectivity index (χ4n) is 4.89. The molecule has 0 radical (unpaired) electrons. The highest BCUT2D eigenvalue weighted by Crippen LogP contribution is 2.61. The number of hydrogen-bond acceptors (Lipinski definition) is 4.